The molecule has 16 heavy (non-hydrogen) atoms. The number of amides is 1. The highest BCUT2D eigenvalue weighted by Crippen LogP contribution is 2.27. The Morgan fingerprint density at radius 3 is 2.62 bits per heavy atom. The van der Waals surface area contributed by atoms with E-state index in [0.717, 1.165) is 6.42 Å². The number of aliphatic hydroxyl groups excluding tert-OH is 1. The average Bonchev–Trinajstić information content (AvgIpc) is 2.25. The third kappa shape index (κ3) is 2.72. The van der Waals surface area contributed by atoms with Gasteiger partial charge in [-0.1, -0.05) is 13.8 Å². The van der Waals surface area contributed by atoms with Gasteiger partial charge in [-0.05, 0) is 6.42 Å². The number of methoxy groups -OCH3 is 1. The van der Waals surface area contributed by atoms with Gasteiger partial charge in [-0.25, -0.2) is 0 Å². The summed E-state index contributed by atoms with van der Waals surface area (Å²) in [7, 11) is 1.51. The van der Waals surface area contributed by atoms with E-state index in [1.165, 1.54) is 14.0 Å². The number of hydrogen-bond donors (Lipinski definition) is 2. The van der Waals surface area contributed by atoms with E-state index in [2.05, 4.69) is 5.32 Å². The van der Waals surface area contributed by atoms with Crippen molar-refractivity contribution in [1.29, 1.82) is 0 Å². The van der Waals surface area contributed by atoms with E-state index >= 15 is 0 Å². The van der Waals surface area contributed by atoms with Crippen LogP contribution < -0.4 is 5.32 Å². The second kappa shape index (κ2) is 5.61. The highest BCUT2D eigenvalue weighted by atomic mass is 16.7. The Labute approximate surface area is 96.1 Å². The van der Waals surface area contributed by atoms with Gasteiger partial charge >= 0.3 is 0 Å². The maximum atomic E-state index is 11.0. The van der Waals surface area contributed by atoms with Crippen LogP contribution in [0.4, 0.5) is 0 Å². The molecular formula is C11H21NO4. The van der Waals surface area contributed by atoms with Gasteiger partial charge in [0.05, 0.1) is 12.2 Å². The van der Waals surface area contributed by atoms with Crippen molar-refractivity contribution in [1.82, 2.24) is 5.32 Å². The summed E-state index contributed by atoms with van der Waals surface area (Å²) in [4.78, 5) is 11.0. The maximum Gasteiger partial charge on any atom is 0.217 e. The minimum Gasteiger partial charge on any atom is -0.390 e. The Kier molecular flexibility index (Phi) is 4.70. The molecule has 0 bridgehead atoms. The Morgan fingerprint density at radius 2 is 2.19 bits per heavy atom. The van der Waals surface area contributed by atoms with Crippen LogP contribution in [-0.4, -0.2) is 42.7 Å². The largest absolute Gasteiger partial charge is 0.390 e. The zero-order chi connectivity index (χ0) is 12.3. The first-order valence-electron chi connectivity index (χ1n) is 5.64. The van der Waals surface area contributed by atoms with E-state index in [-0.39, 0.29) is 17.9 Å². The monoisotopic (exact) mass is 231 g/mol. The van der Waals surface area contributed by atoms with Gasteiger partial charge in [0.2, 0.25) is 5.91 Å². The molecule has 0 radical (unpaired) electrons. The molecule has 1 heterocycles. The number of carbonyl (C=O) groups excluding carboxylic acids is 1. The lowest BCUT2D eigenvalue weighted by Crippen LogP contribution is -2.60. The van der Waals surface area contributed by atoms with Crippen molar-refractivity contribution in [3.05, 3.63) is 0 Å². The topological polar surface area (TPSA) is 67.8 Å². The minimum atomic E-state index is -0.646. The molecule has 0 spiro atoms. The standard InChI is InChI=1S/C11H21NO4/c1-5-8-6(2)10(14)9(12-7(3)13)11(15-4)16-8/h6,8-11,14H,5H2,1-4H3,(H,12,13)/t6-,8?,9?,10?,11?/m0/s1. The van der Waals surface area contributed by atoms with Crippen molar-refractivity contribution in [3.8, 4) is 0 Å². The molecule has 0 aromatic heterocycles. The van der Waals surface area contributed by atoms with Crippen LogP contribution in [0.2, 0.25) is 0 Å². The fourth-order valence-electron chi connectivity index (χ4n) is 2.15. The molecule has 5 atom stereocenters. The number of carbonyl (C=O) groups is 1. The normalized spacial score (nSPS) is 39.4. The summed E-state index contributed by atoms with van der Waals surface area (Å²) < 4.78 is 10.8. The Morgan fingerprint density at radius 1 is 1.56 bits per heavy atom. The number of nitrogens with one attached hydrogen (secondary N) is 1. The molecule has 1 amide bonds. The fraction of sp³-hybridized carbons (Fsp3) is 0.909. The van der Waals surface area contributed by atoms with Gasteiger partial charge in [0.25, 0.3) is 0 Å². The summed E-state index contributed by atoms with van der Waals surface area (Å²) in [6.07, 6.45) is -0.456. The van der Waals surface area contributed by atoms with Crippen molar-refractivity contribution in [3.63, 3.8) is 0 Å². The van der Waals surface area contributed by atoms with Crippen LogP contribution in [0.15, 0.2) is 0 Å². The molecule has 1 fully saturated rings. The Bertz CT molecular complexity index is 244. The Hall–Kier alpha value is -0.650. The van der Waals surface area contributed by atoms with Crippen LogP contribution in [0.1, 0.15) is 27.2 Å². The van der Waals surface area contributed by atoms with Crippen LogP contribution in [0.25, 0.3) is 0 Å². The van der Waals surface area contributed by atoms with E-state index in [4.69, 9.17) is 9.47 Å². The summed E-state index contributed by atoms with van der Waals surface area (Å²) in [5.41, 5.74) is 0. The minimum absolute atomic E-state index is 0.0201. The van der Waals surface area contributed by atoms with Crippen molar-refractivity contribution in [2.24, 2.45) is 5.92 Å². The highest BCUT2D eigenvalue weighted by Gasteiger charge is 2.42. The molecule has 1 aliphatic heterocycles. The first-order valence-corrected chi connectivity index (χ1v) is 5.64. The molecule has 5 heteroatoms. The van der Waals surface area contributed by atoms with E-state index in [1.54, 1.807) is 0 Å². The summed E-state index contributed by atoms with van der Waals surface area (Å²) in [5.74, 6) is -0.218. The molecule has 1 saturated heterocycles. The maximum absolute atomic E-state index is 11.0. The van der Waals surface area contributed by atoms with Crippen LogP contribution in [0.5, 0.6) is 0 Å². The number of aliphatic hydroxyl groups is 1. The molecule has 5 nitrogen and oxygen atoms in total. The van der Waals surface area contributed by atoms with E-state index < -0.39 is 18.4 Å². The molecule has 0 aromatic carbocycles. The predicted octanol–water partition coefficient (Wildman–Crippen LogP) is 0.269. The van der Waals surface area contributed by atoms with Crippen molar-refractivity contribution >= 4 is 5.91 Å². The smallest absolute Gasteiger partial charge is 0.217 e. The Balaban J connectivity index is 2.77. The summed E-state index contributed by atoms with van der Waals surface area (Å²) >= 11 is 0. The number of hydrogen-bond acceptors (Lipinski definition) is 4. The third-order valence-corrected chi connectivity index (χ3v) is 3.10. The second-order valence-electron chi connectivity index (χ2n) is 4.26. The van der Waals surface area contributed by atoms with Crippen molar-refractivity contribution in [2.45, 2.75) is 51.7 Å². The highest BCUT2D eigenvalue weighted by molar-refractivity contribution is 5.73. The van der Waals surface area contributed by atoms with Crippen LogP contribution in [0.3, 0.4) is 0 Å². The van der Waals surface area contributed by atoms with Gasteiger partial charge in [-0.15, -0.1) is 0 Å². The lowest BCUT2D eigenvalue weighted by Gasteiger charge is -2.43. The average molecular weight is 231 g/mol. The third-order valence-electron chi connectivity index (χ3n) is 3.10. The summed E-state index contributed by atoms with van der Waals surface area (Å²) in [6.45, 7) is 5.33. The van der Waals surface area contributed by atoms with E-state index in [0.29, 0.717) is 0 Å². The van der Waals surface area contributed by atoms with Gasteiger partial charge in [-0.3, -0.25) is 4.79 Å². The molecule has 0 aliphatic carbocycles. The van der Waals surface area contributed by atoms with Gasteiger partial charge in [0.15, 0.2) is 6.29 Å². The summed E-state index contributed by atoms with van der Waals surface area (Å²) in [5, 5.41) is 12.8. The molecule has 0 aromatic rings. The zero-order valence-corrected chi connectivity index (χ0v) is 10.3. The second-order valence-corrected chi connectivity index (χ2v) is 4.26. The molecule has 94 valence electrons. The molecule has 0 saturated carbocycles. The van der Waals surface area contributed by atoms with Gasteiger partial charge < -0.3 is 19.9 Å². The fourth-order valence-corrected chi connectivity index (χ4v) is 2.15. The molecule has 4 unspecified atom stereocenters. The van der Waals surface area contributed by atoms with Crippen LogP contribution >= 0.6 is 0 Å². The molecular weight excluding hydrogens is 210 g/mol. The molecule has 1 aliphatic rings. The molecule has 1 rings (SSSR count). The number of ether oxygens (including phenoxy) is 2. The first kappa shape index (κ1) is 13.4. The van der Waals surface area contributed by atoms with Crippen LogP contribution in [0, 0.1) is 5.92 Å². The van der Waals surface area contributed by atoms with E-state index in [1.807, 2.05) is 13.8 Å². The lowest BCUT2D eigenvalue weighted by molar-refractivity contribution is -0.239. The first-order chi connectivity index (χ1) is 7.51. The quantitative estimate of drug-likeness (QED) is 0.731. The van der Waals surface area contributed by atoms with Gasteiger partial charge in [0.1, 0.15) is 6.04 Å². The molecule has 2 N–H and O–H groups in total. The van der Waals surface area contributed by atoms with Crippen molar-refractivity contribution < 1.29 is 19.4 Å². The lowest BCUT2D eigenvalue weighted by atomic mass is 9.88. The van der Waals surface area contributed by atoms with Gasteiger partial charge in [0, 0.05) is 20.0 Å². The predicted molar refractivity (Wildman–Crippen MR) is 58.7 cm³/mol. The van der Waals surface area contributed by atoms with E-state index in [9.17, 15) is 9.90 Å². The number of rotatable bonds is 3. The SMILES string of the molecule is CCC1OC(OC)C(NC(C)=O)C(O)[C@H]1C. The van der Waals surface area contributed by atoms with Crippen molar-refractivity contribution in [2.75, 3.05) is 7.11 Å². The van der Waals surface area contributed by atoms with Gasteiger partial charge in [-0.2, -0.15) is 0 Å². The zero-order valence-electron chi connectivity index (χ0n) is 10.3. The summed E-state index contributed by atoms with van der Waals surface area (Å²) in [6, 6.07) is -0.500. The van der Waals surface area contributed by atoms with Crippen LogP contribution in [-0.2, 0) is 14.3 Å².